The summed E-state index contributed by atoms with van der Waals surface area (Å²) < 4.78 is 7.08. The number of ether oxygens (including phenoxy) is 1. The molecule has 2 rings (SSSR count). The smallest absolute Gasteiger partial charge is 0.244 e. The lowest BCUT2D eigenvalue weighted by Gasteiger charge is -2.35. The van der Waals surface area contributed by atoms with Gasteiger partial charge in [-0.1, -0.05) is 0 Å². The number of likely N-dealkylation sites (N-methyl/N-ethyl adjacent to an activating group) is 1. The van der Waals surface area contributed by atoms with E-state index in [4.69, 9.17) is 10.5 Å². The van der Waals surface area contributed by atoms with E-state index in [1.54, 1.807) is 11.7 Å². The van der Waals surface area contributed by atoms with Crippen LogP contribution < -0.4 is 16.0 Å². The van der Waals surface area contributed by atoms with E-state index in [1.807, 2.05) is 18.9 Å². The molecule has 1 unspecified atom stereocenters. The molecule has 1 aromatic heterocycles. The zero-order valence-corrected chi connectivity index (χ0v) is 10.9. The second kappa shape index (κ2) is 4.85. The number of nitrogens with two attached hydrogens (primary N) is 1. The van der Waals surface area contributed by atoms with Crippen LogP contribution in [0.3, 0.4) is 0 Å². The quantitative estimate of drug-likeness (QED) is 0.725. The molecule has 0 saturated carbocycles. The number of nitrogen functional groups attached to an aromatic ring is 1. The van der Waals surface area contributed by atoms with Crippen LogP contribution in [0.1, 0.15) is 5.69 Å². The van der Waals surface area contributed by atoms with Gasteiger partial charge in [-0.05, 0) is 6.92 Å². The molecule has 100 valence electrons. The standard InChI is InChI=1S/C11H19N5O2/c1-7-9(12)11(15(3)14-7)16-4-5-18-6-8(16)10(17)13-2/h8H,4-6,12H2,1-3H3,(H,13,17). The van der Waals surface area contributed by atoms with Crippen molar-refractivity contribution in [1.29, 1.82) is 0 Å². The normalized spacial score (nSPS) is 19.9. The first-order valence-electron chi connectivity index (χ1n) is 5.91. The second-order valence-electron chi connectivity index (χ2n) is 4.34. The number of hydrogen-bond donors (Lipinski definition) is 2. The van der Waals surface area contributed by atoms with Crippen molar-refractivity contribution in [1.82, 2.24) is 15.1 Å². The van der Waals surface area contributed by atoms with Crippen LogP contribution in [0.25, 0.3) is 0 Å². The molecule has 7 nitrogen and oxygen atoms in total. The Balaban J connectivity index is 2.36. The maximum absolute atomic E-state index is 11.9. The Morgan fingerprint density at radius 2 is 2.33 bits per heavy atom. The van der Waals surface area contributed by atoms with Gasteiger partial charge >= 0.3 is 0 Å². The van der Waals surface area contributed by atoms with E-state index in [1.165, 1.54) is 0 Å². The first-order chi connectivity index (χ1) is 8.56. The third-order valence-electron chi connectivity index (χ3n) is 3.19. The van der Waals surface area contributed by atoms with Crippen LogP contribution in [0.2, 0.25) is 0 Å². The molecule has 0 spiro atoms. The number of carbonyl (C=O) groups excluding carboxylic acids is 1. The fraction of sp³-hybridized carbons (Fsp3) is 0.636. The van der Waals surface area contributed by atoms with Crippen LogP contribution in [0.15, 0.2) is 0 Å². The third kappa shape index (κ3) is 2.01. The summed E-state index contributed by atoms with van der Waals surface area (Å²) in [6, 6.07) is -0.360. The maximum Gasteiger partial charge on any atom is 0.244 e. The first-order valence-corrected chi connectivity index (χ1v) is 5.91. The lowest BCUT2D eigenvalue weighted by atomic mass is 10.2. The van der Waals surface area contributed by atoms with Gasteiger partial charge in [-0.3, -0.25) is 9.48 Å². The van der Waals surface area contributed by atoms with Gasteiger partial charge in [-0.15, -0.1) is 0 Å². The molecular weight excluding hydrogens is 234 g/mol. The van der Waals surface area contributed by atoms with Crippen LogP contribution in [0, 0.1) is 6.92 Å². The number of morpholine rings is 1. The van der Waals surface area contributed by atoms with Gasteiger partial charge in [0.25, 0.3) is 0 Å². The minimum Gasteiger partial charge on any atom is -0.394 e. The summed E-state index contributed by atoms with van der Waals surface area (Å²) in [5.41, 5.74) is 7.43. The van der Waals surface area contributed by atoms with Gasteiger partial charge in [0, 0.05) is 20.6 Å². The number of carbonyl (C=O) groups is 1. The van der Waals surface area contributed by atoms with E-state index in [2.05, 4.69) is 10.4 Å². The molecule has 1 atom stereocenters. The van der Waals surface area contributed by atoms with Gasteiger partial charge < -0.3 is 20.7 Å². The molecule has 0 aromatic carbocycles. The average Bonchev–Trinajstić information content (AvgIpc) is 2.62. The molecule has 2 heterocycles. The molecule has 3 N–H and O–H groups in total. The van der Waals surface area contributed by atoms with Crippen molar-refractivity contribution in [3.05, 3.63) is 5.69 Å². The Morgan fingerprint density at radius 3 is 2.89 bits per heavy atom. The van der Waals surface area contributed by atoms with E-state index >= 15 is 0 Å². The molecule has 1 saturated heterocycles. The number of aryl methyl sites for hydroxylation is 2. The minimum atomic E-state index is -0.360. The topological polar surface area (TPSA) is 85.4 Å². The van der Waals surface area contributed by atoms with Crippen molar-refractivity contribution in [3.8, 4) is 0 Å². The van der Waals surface area contributed by atoms with E-state index in [-0.39, 0.29) is 11.9 Å². The van der Waals surface area contributed by atoms with Crippen LogP contribution in [-0.2, 0) is 16.6 Å². The number of hydrogen-bond acceptors (Lipinski definition) is 5. The maximum atomic E-state index is 11.9. The monoisotopic (exact) mass is 253 g/mol. The van der Waals surface area contributed by atoms with Gasteiger partial charge in [0.2, 0.25) is 5.91 Å². The second-order valence-corrected chi connectivity index (χ2v) is 4.34. The van der Waals surface area contributed by atoms with Gasteiger partial charge in [-0.25, -0.2) is 0 Å². The summed E-state index contributed by atoms with van der Waals surface area (Å²) in [5.74, 6) is 0.706. The van der Waals surface area contributed by atoms with Gasteiger partial charge in [0.15, 0.2) is 5.82 Å². The van der Waals surface area contributed by atoms with Gasteiger partial charge in [-0.2, -0.15) is 5.10 Å². The molecule has 18 heavy (non-hydrogen) atoms. The Morgan fingerprint density at radius 1 is 1.61 bits per heavy atom. The van der Waals surface area contributed by atoms with E-state index in [9.17, 15) is 4.79 Å². The predicted octanol–water partition coefficient (Wildman–Crippen LogP) is -0.738. The van der Waals surface area contributed by atoms with Crippen LogP contribution in [0.5, 0.6) is 0 Å². The fourth-order valence-electron chi connectivity index (χ4n) is 2.24. The average molecular weight is 253 g/mol. The SMILES string of the molecule is CNC(=O)C1COCCN1c1c(N)c(C)nn1C. The van der Waals surface area contributed by atoms with E-state index in [0.29, 0.717) is 25.4 Å². The Bertz CT molecular complexity index is 457. The lowest BCUT2D eigenvalue weighted by Crippen LogP contribution is -2.54. The highest BCUT2D eigenvalue weighted by molar-refractivity contribution is 5.86. The zero-order chi connectivity index (χ0) is 13.3. The lowest BCUT2D eigenvalue weighted by molar-refractivity contribution is -0.124. The number of amides is 1. The highest BCUT2D eigenvalue weighted by Crippen LogP contribution is 2.28. The van der Waals surface area contributed by atoms with Crippen LogP contribution in [0.4, 0.5) is 11.5 Å². The van der Waals surface area contributed by atoms with Crippen molar-refractivity contribution in [2.24, 2.45) is 7.05 Å². The largest absolute Gasteiger partial charge is 0.394 e. The summed E-state index contributed by atoms with van der Waals surface area (Å²) in [6.45, 7) is 3.43. The number of anilines is 2. The van der Waals surface area contributed by atoms with Crippen molar-refractivity contribution >= 4 is 17.4 Å². The molecule has 7 heteroatoms. The fourth-order valence-corrected chi connectivity index (χ4v) is 2.24. The molecular formula is C11H19N5O2. The van der Waals surface area contributed by atoms with Crippen molar-refractivity contribution in [3.63, 3.8) is 0 Å². The summed E-state index contributed by atoms with van der Waals surface area (Å²) in [5, 5.41) is 6.93. The predicted molar refractivity (Wildman–Crippen MR) is 68.4 cm³/mol. The molecule has 0 radical (unpaired) electrons. The van der Waals surface area contributed by atoms with Crippen LogP contribution in [-0.4, -0.2) is 48.5 Å². The number of aromatic nitrogens is 2. The number of nitrogens with one attached hydrogen (secondary N) is 1. The van der Waals surface area contributed by atoms with Crippen molar-refractivity contribution < 1.29 is 9.53 Å². The highest BCUT2D eigenvalue weighted by atomic mass is 16.5. The summed E-state index contributed by atoms with van der Waals surface area (Å²) in [4.78, 5) is 13.8. The third-order valence-corrected chi connectivity index (χ3v) is 3.19. The molecule has 1 fully saturated rings. The Labute approximate surface area is 106 Å². The summed E-state index contributed by atoms with van der Waals surface area (Å²) in [6.07, 6.45) is 0. The molecule has 1 aliphatic rings. The van der Waals surface area contributed by atoms with Crippen molar-refractivity contribution in [2.45, 2.75) is 13.0 Å². The van der Waals surface area contributed by atoms with E-state index in [0.717, 1.165) is 11.5 Å². The van der Waals surface area contributed by atoms with E-state index < -0.39 is 0 Å². The van der Waals surface area contributed by atoms with Gasteiger partial charge in [0.05, 0.1) is 24.6 Å². The number of nitrogens with zero attached hydrogens (tertiary/aromatic N) is 3. The zero-order valence-electron chi connectivity index (χ0n) is 10.9. The van der Waals surface area contributed by atoms with Crippen molar-refractivity contribution in [2.75, 3.05) is 37.4 Å². The Kier molecular flexibility index (Phi) is 3.42. The molecule has 1 amide bonds. The summed E-state index contributed by atoms with van der Waals surface area (Å²) >= 11 is 0. The summed E-state index contributed by atoms with van der Waals surface area (Å²) in [7, 11) is 3.45. The highest BCUT2D eigenvalue weighted by Gasteiger charge is 2.32. The molecule has 1 aromatic rings. The van der Waals surface area contributed by atoms with Crippen LogP contribution >= 0.6 is 0 Å². The molecule has 0 aliphatic carbocycles. The molecule has 1 aliphatic heterocycles. The number of rotatable bonds is 2. The first kappa shape index (κ1) is 12.7. The van der Waals surface area contributed by atoms with Gasteiger partial charge in [0.1, 0.15) is 6.04 Å². The minimum absolute atomic E-state index is 0.0760. The Hall–Kier alpha value is -1.76. The molecule has 0 bridgehead atoms.